The fourth-order valence-electron chi connectivity index (χ4n) is 1.65. The van der Waals surface area contributed by atoms with Crippen LogP contribution in [0.25, 0.3) is 0 Å². The van der Waals surface area contributed by atoms with Crippen molar-refractivity contribution in [3.63, 3.8) is 0 Å². The molecule has 0 amide bonds. The summed E-state index contributed by atoms with van der Waals surface area (Å²) in [4.78, 5) is 0. The summed E-state index contributed by atoms with van der Waals surface area (Å²) in [7, 11) is 0. The van der Waals surface area contributed by atoms with Gasteiger partial charge in [0.25, 0.3) is 0 Å². The zero-order chi connectivity index (χ0) is 14.0. The van der Waals surface area contributed by atoms with Gasteiger partial charge in [-0.2, -0.15) is 0 Å². The second kappa shape index (κ2) is 4.97. The molecule has 3 nitrogen and oxygen atoms in total. The Morgan fingerprint density at radius 2 is 1.95 bits per heavy atom. The van der Waals surface area contributed by atoms with Gasteiger partial charge in [-0.1, -0.05) is 12.1 Å². The van der Waals surface area contributed by atoms with E-state index in [1.807, 2.05) is 0 Å². The maximum Gasteiger partial charge on any atom is 0.573 e. The van der Waals surface area contributed by atoms with E-state index in [4.69, 9.17) is 4.42 Å². The van der Waals surface area contributed by atoms with Crippen molar-refractivity contribution in [3.05, 3.63) is 53.5 Å². The standard InChI is InChI=1S/C13H11F3O3/c1-8-5-6-11(18-8)12(17)9-3-2-4-10(7-9)19-13(14,15)16/h2-7,12,17H,1H3. The first-order chi connectivity index (χ1) is 8.85. The van der Waals surface area contributed by atoms with Crippen molar-refractivity contribution in [2.45, 2.75) is 19.4 Å². The smallest absolute Gasteiger partial charge is 0.463 e. The molecule has 0 aliphatic rings. The number of aliphatic hydroxyl groups is 1. The Kier molecular flexibility index (Phi) is 3.53. The van der Waals surface area contributed by atoms with Gasteiger partial charge in [0.1, 0.15) is 23.4 Å². The van der Waals surface area contributed by atoms with Crippen LogP contribution in [0.15, 0.2) is 40.8 Å². The van der Waals surface area contributed by atoms with Gasteiger partial charge in [0, 0.05) is 0 Å². The highest BCUT2D eigenvalue weighted by molar-refractivity contribution is 5.33. The van der Waals surface area contributed by atoms with E-state index in [0.717, 1.165) is 12.1 Å². The number of alkyl halides is 3. The third-order valence-corrected chi connectivity index (χ3v) is 2.44. The summed E-state index contributed by atoms with van der Waals surface area (Å²) in [5.74, 6) is 0.491. The largest absolute Gasteiger partial charge is 0.573 e. The van der Waals surface area contributed by atoms with Crippen molar-refractivity contribution in [1.29, 1.82) is 0 Å². The molecule has 19 heavy (non-hydrogen) atoms. The van der Waals surface area contributed by atoms with E-state index in [1.54, 1.807) is 19.1 Å². The molecule has 1 heterocycles. The van der Waals surface area contributed by atoms with Gasteiger partial charge in [0.2, 0.25) is 0 Å². The van der Waals surface area contributed by atoms with Crippen LogP contribution >= 0.6 is 0 Å². The molecule has 0 spiro atoms. The molecular formula is C13H11F3O3. The first kappa shape index (κ1) is 13.5. The van der Waals surface area contributed by atoms with Crippen molar-refractivity contribution >= 4 is 0 Å². The van der Waals surface area contributed by atoms with E-state index in [9.17, 15) is 18.3 Å². The van der Waals surface area contributed by atoms with Crippen LogP contribution in [0.4, 0.5) is 13.2 Å². The lowest BCUT2D eigenvalue weighted by atomic mass is 10.1. The minimum absolute atomic E-state index is 0.260. The maximum atomic E-state index is 12.1. The molecule has 2 aromatic rings. The topological polar surface area (TPSA) is 42.6 Å². The third kappa shape index (κ3) is 3.51. The number of halogens is 3. The van der Waals surface area contributed by atoms with Gasteiger partial charge >= 0.3 is 6.36 Å². The number of aliphatic hydroxyl groups excluding tert-OH is 1. The van der Waals surface area contributed by atoms with Crippen LogP contribution < -0.4 is 4.74 Å². The van der Waals surface area contributed by atoms with Crippen molar-refractivity contribution in [2.24, 2.45) is 0 Å². The molecule has 0 saturated carbocycles. The van der Waals surface area contributed by atoms with Crippen molar-refractivity contribution in [1.82, 2.24) is 0 Å². The summed E-state index contributed by atoms with van der Waals surface area (Å²) in [5.41, 5.74) is 0.260. The van der Waals surface area contributed by atoms with Crippen LogP contribution in [-0.2, 0) is 0 Å². The summed E-state index contributed by atoms with van der Waals surface area (Å²) in [6, 6.07) is 8.38. The number of hydrogen-bond acceptors (Lipinski definition) is 3. The van der Waals surface area contributed by atoms with Gasteiger partial charge in [-0.05, 0) is 36.8 Å². The Morgan fingerprint density at radius 3 is 2.53 bits per heavy atom. The summed E-state index contributed by atoms with van der Waals surface area (Å²) >= 11 is 0. The van der Waals surface area contributed by atoms with E-state index < -0.39 is 12.5 Å². The number of hydrogen-bond donors (Lipinski definition) is 1. The molecule has 0 saturated heterocycles. The van der Waals surface area contributed by atoms with Gasteiger partial charge < -0.3 is 14.3 Å². The molecule has 1 atom stereocenters. The molecular weight excluding hydrogens is 261 g/mol. The quantitative estimate of drug-likeness (QED) is 0.928. The van der Waals surface area contributed by atoms with Crippen LogP contribution in [0.2, 0.25) is 0 Å². The average Bonchev–Trinajstić information content (AvgIpc) is 2.73. The summed E-state index contributed by atoms with van der Waals surface area (Å²) in [5, 5.41) is 10.00. The molecule has 0 radical (unpaired) electrons. The fraction of sp³-hybridized carbons (Fsp3) is 0.231. The first-order valence-electron chi connectivity index (χ1n) is 5.45. The highest BCUT2D eigenvalue weighted by Gasteiger charge is 2.31. The zero-order valence-electron chi connectivity index (χ0n) is 9.94. The van der Waals surface area contributed by atoms with Gasteiger partial charge in [-0.15, -0.1) is 13.2 Å². The lowest BCUT2D eigenvalue weighted by Gasteiger charge is -2.12. The Balaban J connectivity index is 2.23. The molecule has 0 aliphatic heterocycles. The monoisotopic (exact) mass is 272 g/mol. The molecule has 6 heteroatoms. The number of ether oxygens (including phenoxy) is 1. The van der Waals surface area contributed by atoms with Crippen LogP contribution in [0.5, 0.6) is 5.75 Å². The van der Waals surface area contributed by atoms with Gasteiger partial charge in [0.05, 0.1) is 0 Å². The molecule has 0 aliphatic carbocycles. The molecule has 1 N–H and O–H groups in total. The predicted octanol–water partition coefficient (Wildman–Crippen LogP) is 3.57. The highest BCUT2D eigenvalue weighted by Crippen LogP contribution is 2.28. The van der Waals surface area contributed by atoms with Gasteiger partial charge in [-0.3, -0.25) is 0 Å². The Hall–Kier alpha value is -1.95. The van der Waals surface area contributed by atoms with E-state index in [-0.39, 0.29) is 17.1 Å². The molecule has 102 valence electrons. The zero-order valence-corrected chi connectivity index (χ0v) is 9.94. The number of furan rings is 1. The second-order valence-corrected chi connectivity index (χ2v) is 3.97. The van der Waals surface area contributed by atoms with Crippen molar-refractivity contribution < 1.29 is 27.4 Å². The van der Waals surface area contributed by atoms with E-state index in [2.05, 4.69) is 4.74 Å². The molecule has 1 aromatic heterocycles. The molecule has 2 rings (SSSR count). The van der Waals surface area contributed by atoms with Gasteiger partial charge in [-0.25, -0.2) is 0 Å². The number of benzene rings is 1. The Morgan fingerprint density at radius 1 is 1.21 bits per heavy atom. The van der Waals surface area contributed by atoms with E-state index in [1.165, 1.54) is 12.1 Å². The minimum atomic E-state index is -4.76. The number of aryl methyl sites for hydroxylation is 1. The Bertz CT molecular complexity index is 560. The van der Waals surface area contributed by atoms with Crippen LogP contribution in [0.3, 0.4) is 0 Å². The summed E-state index contributed by atoms with van der Waals surface area (Å²) in [6.45, 7) is 1.71. The normalized spacial score (nSPS) is 13.3. The molecule has 1 aromatic carbocycles. The summed E-state index contributed by atoms with van der Waals surface area (Å²) in [6.07, 6.45) is -5.89. The lowest BCUT2D eigenvalue weighted by molar-refractivity contribution is -0.274. The van der Waals surface area contributed by atoms with Crippen molar-refractivity contribution in [3.8, 4) is 5.75 Å². The number of rotatable bonds is 3. The van der Waals surface area contributed by atoms with Crippen LogP contribution in [0, 0.1) is 6.92 Å². The van der Waals surface area contributed by atoms with Crippen LogP contribution in [-0.4, -0.2) is 11.5 Å². The highest BCUT2D eigenvalue weighted by atomic mass is 19.4. The first-order valence-corrected chi connectivity index (χ1v) is 5.45. The lowest BCUT2D eigenvalue weighted by Crippen LogP contribution is -2.17. The maximum absolute atomic E-state index is 12.1. The molecule has 0 fully saturated rings. The van der Waals surface area contributed by atoms with Crippen LogP contribution in [0.1, 0.15) is 23.2 Å². The van der Waals surface area contributed by atoms with E-state index >= 15 is 0 Å². The molecule has 0 bridgehead atoms. The second-order valence-electron chi connectivity index (χ2n) is 3.97. The SMILES string of the molecule is Cc1ccc(C(O)c2cccc(OC(F)(F)F)c2)o1. The molecule has 1 unspecified atom stereocenters. The third-order valence-electron chi connectivity index (χ3n) is 2.44. The average molecular weight is 272 g/mol. The summed E-state index contributed by atoms with van der Waals surface area (Å²) < 4.78 is 45.3. The Labute approximate surface area is 107 Å². The van der Waals surface area contributed by atoms with Crippen molar-refractivity contribution in [2.75, 3.05) is 0 Å². The predicted molar refractivity (Wildman–Crippen MR) is 60.6 cm³/mol. The minimum Gasteiger partial charge on any atom is -0.463 e. The van der Waals surface area contributed by atoms with E-state index in [0.29, 0.717) is 5.76 Å². The fourth-order valence-corrected chi connectivity index (χ4v) is 1.65. The van der Waals surface area contributed by atoms with Gasteiger partial charge in [0.15, 0.2) is 0 Å².